The van der Waals surface area contributed by atoms with E-state index in [-0.39, 0.29) is 17.8 Å². The Morgan fingerprint density at radius 2 is 1.28 bits per heavy atom. The van der Waals surface area contributed by atoms with Gasteiger partial charge in [-0.3, -0.25) is 0 Å². The molecular formula is C22H39ClF2. The largest absolute Gasteiger partial charge is 0.247 e. The second kappa shape index (κ2) is 10.5. The molecule has 3 rings (SSSR count). The van der Waals surface area contributed by atoms with E-state index >= 15 is 0 Å². The Morgan fingerprint density at radius 3 is 1.96 bits per heavy atom. The van der Waals surface area contributed by atoms with Gasteiger partial charge in [0.25, 0.3) is 0 Å². The summed E-state index contributed by atoms with van der Waals surface area (Å²) in [6, 6.07) is 0. The topological polar surface area (TPSA) is 0 Å². The van der Waals surface area contributed by atoms with Gasteiger partial charge in [0.05, 0.1) is 0 Å². The quantitative estimate of drug-likeness (QED) is 0.341. The molecule has 3 aliphatic carbocycles. The average molecular weight is 377 g/mol. The number of hydrogen-bond donors (Lipinski definition) is 0. The van der Waals surface area contributed by atoms with Gasteiger partial charge >= 0.3 is 0 Å². The van der Waals surface area contributed by atoms with Gasteiger partial charge in [0.15, 0.2) is 0 Å². The molecule has 25 heavy (non-hydrogen) atoms. The Labute approximate surface area is 159 Å². The van der Waals surface area contributed by atoms with Gasteiger partial charge in [-0.2, -0.15) is 0 Å². The summed E-state index contributed by atoms with van der Waals surface area (Å²) in [6.45, 7) is 6.15. The molecule has 3 heteroatoms. The molecule has 0 aromatic heterocycles. The lowest BCUT2D eigenvalue weighted by atomic mass is 9.65. The van der Waals surface area contributed by atoms with E-state index < -0.39 is 12.3 Å². The molecule has 0 aromatic rings. The first-order valence-electron chi connectivity index (χ1n) is 11.0. The van der Waals surface area contributed by atoms with E-state index in [4.69, 9.17) is 11.6 Å². The van der Waals surface area contributed by atoms with Gasteiger partial charge in [-0.25, -0.2) is 8.78 Å². The van der Waals surface area contributed by atoms with Crippen molar-refractivity contribution in [3.63, 3.8) is 0 Å². The summed E-state index contributed by atoms with van der Waals surface area (Å²) in [7, 11) is 0. The highest BCUT2D eigenvalue weighted by atomic mass is 35.5. The van der Waals surface area contributed by atoms with Gasteiger partial charge < -0.3 is 0 Å². The predicted molar refractivity (Wildman–Crippen MR) is 105 cm³/mol. The molecular weight excluding hydrogens is 338 g/mol. The highest BCUT2D eigenvalue weighted by molar-refractivity contribution is 6.20. The molecule has 0 amide bonds. The maximum Gasteiger partial charge on any atom is 0.103 e. The van der Waals surface area contributed by atoms with Crippen molar-refractivity contribution >= 4 is 11.6 Å². The predicted octanol–water partition coefficient (Wildman–Crippen LogP) is 7.73. The lowest BCUT2D eigenvalue weighted by Gasteiger charge is -2.42. The van der Waals surface area contributed by atoms with E-state index in [1.807, 2.05) is 13.8 Å². The zero-order valence-corrected chi connectivity index (χ0v) is 17.3. The molecule has 0 bridgehead atoms. The van der Waals surface area contributed by atoms with Crippen molar-refractivity contribution in [1.82, 2.24) is 0 Å². The van der Waals surface area contributed by atoms with Crippen molar-refractivity contribution in [2.75, 3.05) is 0 Å². The molecule has 0 heterocycles. The molecule has 0 radical (unpaired) electrons. The molecule has 3 aliphatic rings. The molecule has 0 aromatic carbocycles. The van der Waals surface area contributed by atoms with E-state index in [1.165, 1.54) is 0 Å². The molecule has 148 valence electrons. The highest BCUT2D eigenvalue weighted by Crippen LogP contribution is 2.47. The monoisotopic (exact) mass is 376 g/mol. The Kier molecular flexibility index (Phi) is 8.99. The van der Waals surface area contributed by atoms with Crippen molar-refractivity contribution in [3.8, 4) is 0 Å². The lowest BCUT2D eigenvalue weighted by molar-refractivity contribution is 0.0145. The minimum Gasteiger partial charge on any atom is -0.247 e. The minimum absolute atomic E-state index is 0.131. The van der Waals surface area contributed by atoms with Crippen LogP contribution in [0, 0.1) is 29.6 Å². The third kappa shape index (κ3) is 5.81. The first kappa shape index (κ1) is 21.5. The van der Waals surface area contributed by atoms with E-state index in [0.717, 1.165) is 57.8 Å². The molecule has 3 saturated carbocycles. The lowest BCUT2D eigenvalue weighted by Crippen LogP contribution is -2.38. The maximum atomic E-state index is 14.9. The van der Waals surface area contributed by atoms with Crippen molar-refractivity contribution in [2.45, 2.75) is 109 Å². The first-order chi connectivity index (χ1) is 12.0. The molecule has 0 spiro atoms. The van der Waals surface area contributed by atoms with Crippen LogP contribution in [0.4, 0.5) is 8.78 Å². The summed E-state index contributed by atoms with van der Waals surface area (Å²) in [5.41, 5.74) is 0. The Balaban J connectivity index is 0.00000109. The summed E-state index contributed by atoms with van der Waals surface area (Å²) in [6.07, 6.45) is 9.56. The van der Waals surface area contributed by atoms with Gasteiger partial charge in [-0.1, -0.05) is 40.0 Å². The van der Waals surface area contributed by atoms with Gasteiger partial charge in [0.2, 0.25) is 0 Å². The van der Waals surface area contributed by atoms with Crippen LogP contribution in [0.1, 0.15) is 91.4 Å². The number of rotatable bonds is 2. The fourth-order valence-electron chi connectivity index (χ4n) is 5.67. The molecule has 0 aliphatic heterocycles. The Hall–Kier alpha value is 0.150. The van der Waals surface area contributed by atoms with Gasteiger partial charge in [-0.15, -0.1) is 11.6 Å². The van der Waals surface area contributed by atoms with Crippen LogP contribution in [-0.2, 0) is 0 Å². The van der Waals surface area contributed by atoms with Crippen molar-refractivity contribution in [1.29, 1.82) is 0 Å². The van der Waals surface area contributed by atoms with Crippen LogP contribution in [-0.4, -0.2) is 17.7 Å². The van der Waals surface area contributed by atoms with Crippen molar-refractivity contribution in [2.24, 2.45) is 29.6 Å². The minimum atomic E-state index is -0.711. The Morgan fingerprint density at radius 1 is 0.680 bits per heavy atom. The molecule has 3 fully saturated rings. The van der Waals surface area contributed by atoms with Crippen LogP contribution in [0.15, 0.2) is 0 Å². The second-order valence-electron chi connectivity index (χ2n) is 8.72. The van der Waals surface area contributed by atoms with Crippen molar-refractivity contribution < 1.29 is 8.78 Å². The standard InChI is InChI=1S/C20H33ClF2.C2H6/c1-13-5-9-18(19(22)11-13)15-7-10-17(20(23)12-15)14-3-2-4-16(21)8-6-14;1-2/h13-20H,2-12H2,1H3;1-2H3. The van der Waals surface area contributed by atoms with Gasteiger partial charge in [0, 0.05) is 5.38 Å². The molecule has 8 unspecified atom stereocenters. The van der Waals surface area contributed by atoms with Crippen LogP contribution in [0.5, 0.6) is 0 Å². The first-order valence-corrected chi connectivity index (χ1v) is 11.4. The summed E-state index contributed by atoms with van der Waals surface area (Å²) in [4.78, 5) is 0. The molecule has 0 saturated heterocycles. The van der Waals surface area contributed by atoms with E-state index in [0.29, 0.717) is 30.1 Å². The van der Waals surface area contributed by atoms with Gasteiger partial charge in [-0.05, 0) is 81.0 Å². The molecule has 0 N–H and O–H groups in total. The normalized spacial score (nSPS) is 45.8. The smallest absolute Gasteiger partial charge is 0.103 e. The number of halogens is 3. The zero-order chi connectivity index (χ0) is 18.4. The van der Waals surface area contributed by atoms with Crippen molar-refractivity contribution in [3.05, 3.63) is 0 Å². The Bertz CT molecular complexity index is 375. The van der Waals surface area contributed by atoms with Crippen LogP contribution in [0.25, 0.3) is 0 Å². The summed E-state index contributed by atoms with van der Waals surface area (Å²) in [5.74, 6) is 1.66. The SMILES string of the molecule is CC.CC1CCC(C2CCC(C3CCCC(Cl)CC3)C(F)C2)C(F)C1. The zero-order valence-electron chi connectivity index (χ0n) is 16.5. The van der Waals surface area contributed by atoms with Gasteiger partial charge in [0.1, 0.15) is 12.3 Å². The third-order valence-corrected chi connectivity index (χ3v) is 7.54. The maximum absolute atomic E-state index is 14.9. The van der Waals surface area contributed by atoms with Crippen LogP contribution in [0.2, 0.25) is 0 Å². The van der Waals surface area contributed by atoms with E-state index in [1.54, 1.807) is 0 Å². The third-order valence-electron chi connectivity index (χ3n) is 7.10. The van der Waals surface area contributed by atoms with E-state index in [9.17, 15) is 8.78 Å². The van der Waals surface area contributed by atoms with Crippen LogP contribution in [0.3, 0.4) is 0 Å². The highest BCUT2D eigenvalue weighted by Gasteiger charge is 2.41. The second-order valence-corrected chi connectivity index (χ2v) is 9.33. The summed E-state index contributed by atoms with van der Waals surface area (Å²) >= 11 is 6.28. The number of hydrogen-bond acceptors (Lipinski definition) is 0. The average Bonchev–Trinajstić information content (AvgIpc) is 2.81. The van der Waals surface area contributed by atoms with E-state index in [2.05, 4.69) is 6.92 Å². The van der Waals surface area contributed by atoms with Crippen LogP contribution >= 0.6 is 11.6 Å². The summed E-state index contributed by atoms with van der Waals surface area (Å²) < 4.78 is 29.3. The van der Waals surface area contributed by atoms with Crippen LogP contribution < -0.4 is 0 Å². The fraction of sp³-hybridized carbons (Fsp3) is 1.00. The molecule has 0 nitrogen and oxygen atoms in total. The summed E-state index contributed by atoms with van der Waals surface area (Å²) in [5, 5.41) is 0.297. The fourth-order valence-corrected chi connectivity index (χ4v) is 5.95. The molecule has 8 atom stereocenters. The number of alkyl halides is 3.